The largest absolute Gasteiger partial charge is 0.478 e. The summed E-state index contributed by atoms with van der Waals surface area (Å²) in [6, 6.07) is 5.05. The van der Waals surface area contributed by atoms with Crippen LogP contribution >= 0.6 is 0 Å². The van der Waals surface area contributed by atoms with Crippen LogP contribution in [0, 0.1) is 11.6 Å². The van der Waals surface area contributed by atoms with Gasteiger partial charge in [-0.3, -0.25) is 9.36 Å². The molecule has 168 valence electrons. The minimum Gasteiger partial charge on any atom is -0.478 e. The van der Waals surface area contributed by atoms with Crippen molar-refractivity contribution >= 4 is 22.6 Å². The number of benzene rings is 2. The molecule has 0 saturated carbocycles. The molecule has 32 heavy (non-hydrogen) atoms. The van der Waals surface area contributed by atoms with Crippen LogP contribution in [0.15, 0.2) is 35.1 Å². The topological polar surface area (TPSA) is 93.5 Å². The molecule has 3 aromatic rings. The molecule has 0 aliphatic carbocycles. The highest BCUT2D eigenvalue weighted by molar-refractivity contribution is 5.94. The molecule has 2 heterocycles. The molecule has 9 heteroatoms. The second kappa shape index (κ2) is 8.66. The fourth-order valence-electron chi connectivity index (χ4n) is 4.17. The summed E-state index contributed by atoms with van der Waals surface area (Å²) in [7, 11) is 1.62. The van der Waals surface area contributed by atoms with Gasteiger partial charge in [0.25, 0.3) is 5.56 Å². The van der Waals surface area contributed by atoms with E-state index in [-0.39, 0.29) is 28.1 Å². The summed E-state index contributed by atoms with van der Waals surface area (Å²) >= 11 is 0. The van der Waals surface area contributed by atoms with Crippen molar-refractivity contribution in [1.82, 2.24) is 9.55 Å². The Balaban J connectivity index is 1.83. The van der Waals surface area contributed by atoms with E-state index in [9.17, 15) is 23.5 Å². The lowest BCUT2D eigenvalue weighted by Gasteiger charge is -2.24. The van der Waals surface area contributed by atoms with Gasteiger partial charge in [0.05, 0.1) is 28.2 Å². The van der Waals surface area contributed by atoms with E-state index in [0.29, 0.717) is 30.1 Å². The van der Waals surface area contributed by atoms with Crippen molar-refractivity contribution in [2.75, 3.05) is 18.5 Å². The van der Waals surface area contributed by atoms with Gasteiger partial charge in [-0.15, -0.1) is 0 Å². The SMILES string of the molecule is C[C@@H](Nc1cc(F)ccc1C(=O)O)c1cc(F)cc2c(=O)n(C)c(C3CCOCC3)nc12. The minimum atomic E-state index is -1.22. The molecule has 1 saturated heterocycles. The summed E-state index contributed by atoms with van der Waals surface area (Å²) in [5.74, 6) is -1.81. The van der Waals surface area contributed by atoms with Gasteiger partial charge in [0.15, 0.2) is 0 Å². The second-order valence-electron chi connectivity index (χ2n) is 7.97. The monoisotopic (exact) mass is 443 g/mol. The maximum Gasteiger partial charge on any atom is 0.337 e. The number of halogens is 2. The summed E-state index contributed by atoms with van der Waals surface area (Å²) in [5, 5.41) is 12.5. The van der Waals surface area contributed by atoms with E-state index in [1.807, 2.05) is 0 Å². The van der Waals surface area contributed by atoms with Gasteiger partial charge in [-0.05, 0) is 50.1 Å². The van der Waals surface area contributed by atoms with Crippen LogP contribution in [-0.2, 0) is 11.8 Å². The van der Waals surface area contributed by atoms with Gasteiger partial charge >= 0.3 is 5.97 Å². The highest BCUT2D eigenvalue weighted by Gasteiger charge is 2.24. The smallest absolute Gasteiger partial charge is 0.337 e. The number of rotatable bonds is 5. The first-order chi connectivity index (χ1) is 15.3. The van der Waals surface area contributed by atoms with Crippen molar-refractivity contribution in [2.24, 2.45) is 7.05 Å². The third-order valence-electron chi connectivity index (χ3n) is 5.85. The number of hydrogen-bond acceptors (Lipinski definition) is 5. The molecule has 0 bridgehead atoms. The quantitative estimate of drug-likeness (QED) is 0.620. The third-order valence-corrected chi connectivity index (χ3v) is 5.85. The predicted molar refractivity (Wildman–Crippen MR) is 115 cm³/mol. The zero-order chi connectivity index (χ0) is 23.0. The average Bonchev–Trinajstić information content (AvgIpc) is 2.76. The van der Waals surface area contributed by atoms with Crippen molar-refractivity contribution < 1.29 is 23.4 Å². The zero-order valence-electron chi connectivity index (χ0n) is 17.7. The number of aromatic nitrogens is 2. The Morgan fingerprint density at radius 3 is 2.62 bits per heavy atom. The van der Waals surface area contributed by atoms with E-state index in [2.05, 4.69) is 5.32 Å². The minimum absolute atomic E-state index is 0.0360. The van der Waals surface area contributed by atoms with Crippen molar-refractivity contribution in [2.45, 2.75) is 31.7 Å². The molecule has 1 aliphatic heterocycles. The standard InChI is InChI=1S/C23H23F2N3O4/c1-12(26-19-11-14(24)3-4-16(19)23(30)31)17-9-15(25)10-18-20(17)27-21(28(2)22(18)29)13-5-7-32-8-6-13/h3-4,9-13,26H,5-8H2,1-2H3,(H,30,31)/t12-/m1/s1. The van der Waals surface area contributed by atoms with Gasteiger partial charge in [0.1, 0.15) is 17.5 Å². The number of carboxylic acid groups (broad SMARTS) is 1. The molecule has 1 atom stereocenters. The van der Waals surface area contributed by atoms with E-state index in [0.717, 1.165) is 37.1 Å². The van der Waals surface area contributed by atoms with E-state index in [1.165, 1.54) is 10.6 Å². The zero-order valence-corrected chi connectivity index (χ0v) is 17.7. The Labute approximate surface area is 182 Å². The second-order valence-corrected chi connectivity index (χ2v) is 7.97. The Bertz CT molecular complexity index is 1250. The number of carbonyl (C=O) groups is 1. The van der Waals surface area contributed by atoms with E-state index in [1.54, 1.807) is 14.0 Å². The lowest BCUT2D eigenvalue weighted by Crippen LogP contribution is -2.27. The van der Waals surface area contributed by atoms with Crippen molar-refractivity contribution in [3.63, 3.8) is 0 Å². The van der Waals surface area contributed by atoms with E-state index >= 15 is 0 Å². The van der Waals surface area contributed by atoms with Crippen LogP contribution < -0.4 is 10.9 Å². The molecule has 0 radical (unpaired) electrons. The van der Waals surface area contributed by atoms with Crippen molar-refractivity contribution in [1.29, 1.82) is 0 Å². The number of aromatic carboxylic acids is 1. The fraction of sp³-hybridized carbons (Fsp3) is 0.348. The predicted octanol–water partition coefficient (Wildman–Crippen LogP) is 3.98. The summed E-state index contributed by atoms with van der Waals surface area (Å²) in [6.45, 7) is 2.83. The van der Waals surface area contributed by atoms with Crippen molar-refractivity contribution in [3.05, 3.63) is 69.3 Å². The van der Waals surface area contributed by atoms with Gasteiger partial charge < -0.3 is 15.2 Å². The van der Waals surface area contributed by atoms with Gasteiger partial charge in [-0.1, -0.05) is 0 Å². The molecule has 1 fully saturated rings. The van der Waals surface area contributed by atoms with Gasteiger partial charge in [-0.2, -0.15) is 0 Å². The van der Waals surface area contributed by atoms with Crippen LogP contribution in [-0.4, -0.2) is 33.8 Å². The molecule has 1 aliphatic rings. The maximum absolute atomic E-state index is 14.5. The molecular formula is C23H23F2N3O4. The molecule has 7 nitrogen and oxygen atoms in total. The fourth-order valence-corrected chi connectivity index (χ4v) is 4.17. The number of ether oxygens (including phenoxy) is 1. The van der Waals surface area contributed by atoms with Gasteiger partial charge in [0, 0.05) is 31.7 Å². The number of fused-ring (bicyclic) bond motifs is 1. The highest BCUT2D eigenvalue weighted by atomic mass is 19.1. The normalized spacial score (nSPS) is 15.6. The summed E-state index contributed by atoms with van der Waals surface area (Å²) in [4.78, 5) is 29.3. The van der Waals surface area contributed by atoms with Crippen LogP contribution in [0.25, 0.3) is 10.9 Å². The van der Waals surface area contributed by atoms with Crippen LogP contribution in [0.2, 0.25) is 0 Å². The first-order valence-corrected chi connectivity index (χ1v) is 10.3. The molecule has 2 N–H and O–H groups in total. The first-order valence-electron chi connectivity index (χ1n) is 10.3. The molecule has 0 spiro atoms. The Morgan fingerprint density at radius 1 is 1.22 bits per heavy atom. The van der Waals surface area contributed by atoms with E-state index < -0.39 is 23.6 Å². The lowest BCUT2D eigenvalue weighted by molar-refractivity contribution is 0.0697. The average molecular weight is 443 g/mol. The molecule has 0 unspecified atom stereocenters. The number of nitrogens with zero attached hydrogens (tertiary/aromatic N) is 2. The van der Waals surface area contributed by atoms with Crippen molar-refractivity contribution in [3.8, 4) is 0 Å². The summed E-state index contributed by atoms with van der Waals surface area (Å²) in [6.07, 6.45) is 1.45. The first kappa shape index (κ1) is 21.9. The number of anilines is 1. The Kier molecular flexibility index (Phi) is 5.92. The van der Waals surface area contributed by atoms with Crippen LogP contribution in [0.4, 0.5) is 14.5 Å². The number of carboxylic acids is 1. The molecule has 0 amide bonds. The summed E-state index contributed by atoms with van der Waals surface area (Å²) in [5.41, 5.74) is 0.291. The maximum atomic E-state index is 14.5. The Hall–Kier alpha value is -3.33. The van der Waals surface area contributed by atoms with Crippen LogP contribution in [0.3, 0.4) is 0 Å². The third kappa shape index (κ3) is 4.08. The lowest BCUT2D eigenvalue weighted by atomic mass is 9.98. The van der Waals surface area contributed by atoms with Gasteiger partial charge in [-0.25, -0.2) is 18.6 Å². The van der Waals surface area contributed by atoms with Gasteiger partial charge in [0.2, 0.25) is 0 Å². The number of hydrogen-bond donors (Lipinski definition) is 2. The molecule has 4 rings (SSSR count). The Morgan fingerprint density at radius 2 is 1.94 bits per heavy atom. The number of nitrogens with one attached hydrogen (secondary N) is 1. The van der Waals surface area contributed by atoms with Crippen LogP contribution in [0.1, 0.15) is 53.5 Å². The highest BCUT2D eigenvalue weighted by Crippen LogP contribution is 2.30. The molecule has 1 aromatic heterocycles. The molecule has 2 aromatic carbocycles. The molecular weight excluding hydrogens is 420 g/mol. The summed E-state index contributed by atoms with van der Waals surface area (Å²) < 4.78 is 35.1. The van der Waals surface area contributed by atoms with E-state index in [4.69, 9.17) is 9.72 Å². The van der Waals surface area contributed by atoms with Crippen LogP contribution in [0.5, 0.6) is 0 Å².